The molecule has 0 spiro atoms. The summed E-state index contributed by atoms with van der Waals surface area (Å²) in [4.78, 5) is 0. The first-order valence-corrected chi connectivity index (χ1v) is 9.03. The molecule has 2 aromatic rings. The molecular weight excluding hydrogens is 302 g/mol. The van der Waals surface area contributed by atoms with E-state index in [0.29, 0.717) is 12.0 Å². The van der Waals surface area contributed by atoms with Gasteiger partial charge in [-0.1, -0.05) is 44.0 Å². The van der Waals surface area contributed by atoms with Crippen LogP contribution in [0.15, 0.2) is 36.4 Å². The van der Waals surface area contributed by atoms with Crippen LogP contribution in [0.3, 0.4) is 0 Å². The van der Waals surface area contributed by atoms with Crippen LogP contribution < -0.4 is 0 Å². The zero-order chi connectivity index (χ0) is 17.1. The lowest BCUT2D eigenvalue weighted by Crippen LogP contribution is -2.14. The first-order chi connectivity index (χ1) is 11.5. The molecule has 0 aliphatic heterocycles. The average molecular weight is 328 g/mol. The Morgan fingerprint density at radius 3 is 1.96 bits per heavy atom. The van der Waals surface area contributed by atoms with Crippen molar-refractivity contribution in [2.75, 3.05) is 0 Å². The van der Waals surface area contributed by atoms with E-state index in [0.717, 1.165) is 23.8 Å². The summed E-state index contributed by atoms with van der Waals surface area (Å²) in [5.41, 5.74) is 3.25. The van der Waals surface area contributed by atoms with Crippen molar-refractivity contribution >= 4 is 0 Å². The van der Waals surface area contributed by atoms with Crippen molar-refractivity contribution in [1.82, 2.24) is 0 Å². The Labute approximate surface area is 143 Å². The summed E-state index contributed by atoms with van der Waals surface area (Å²) < 4.78 is 27.3. The molecule has 1 aliphatic carbocycles. The highest BCUT2D eigenvalue weighted by Gasteiger charge is 2.18. The van der Waals surface area contributed by atoms with E-state index in [1.165, 1.54) is 50.3 Å². The van der Waals surface area contributed by atoms with Crippen molar-refractivity contribution in [2.24, 2.45) is 11.8 Å². The van der Waals surface area contributed by atoms with Gasteiger partial charge in [-0.3, -0.25) is 0 Å². The van der Waals surface area contributed by atoms with E-state index < -0.39 is 11.6 Å². The summed E-state index contributed by atoms with van der Waals surface area (Å²) in [5.74, 6) is 0.771. The van der Waals surface area contributed by atoms with Gasteiger partial charge >= 0.3 is 0 Å². The molecule has 0 nitrogen and oxygen atoms in total. The number of rotatable bonds is 4. The second-order valence-corrected chi connectivity index (χ2v) is 7.51. The van der Waals surface area contributed by atoms with Gasteiger partial charge in [0, 0.05) is 5.56 Å². The van der Waals surface area contributed by atoms with Crippen LogP contribution in [0.1, 0.15) is 54.9 Å². The SMILES string of the molecule is Cc1c(F)cc(Cc2ccc(CC3CCC(C)CC3)cc2)cc1F. The minimum atomic E-state index is -0.465. The predicted molar refractivity (Wildman–Crippen MR) is 95.2 cm³/mol. The van der Waals surface area contributed by atoms with Gasteiger partial charge in [-0.2, -0.15) is 0 Å². The van der Waals surface area contributed by atoms with Crippen LogP contribution in [0.4, 0.5) is 8.78 Å². The van der Waals surface area contributed by atoms with Crippen molar-refractivity contribution in [3.63, 3.8) is 0 Å². The minimum Gasteiger partial charge on any atom is -0.207 e. The molecule has 3 rings (SSSR count). The largest absolute Gasteiger partial charge is 0.207 e. The van der Waals surface area contributed by atoms with Crippen LogP contribution in [0, 0.1) is 30.4 Å². The van der Waals surface area contributed by atoms with Crippen LogP contribution in [-0.2, 0) is 12.8 Å². The highest BCUT2D eigenvalue weighted by molar-refractivity contribution is 5.32. The fourth-order valence-corrected chi connectivity index (χ4v) is 3.70. The van der Waals surface area contributed by atoms with Gasteiger partial charge < -0.3 is 0 Å². The first-order valence-electron chi connectivity index (χ1n) is 9.03. The monoisotopic (exact) mass is 328 g/mol. The second-order valence-electron chi connectivity index (χ2n) is 7.51. The Bertz CT molecular complexity index is 657. The summed E-state index contributed by atoms with van der Waals surface area (Å²) in [7, 11) is 0. The molecular formula is C22H26F2. The lowest BCUT2D eigenvalue weighted by atomic mass is 9.80. The van der Waals surface area contributed by atoms with Gasteiger partial charge in [0.15, 0.2) is 0 Å². The van der Waals surface area contributed by atoms with E-state index in [9.17, 15) is 8.78 Å². The molecule has 0 saturated heterocycles. The maximum Gasteiger partial charge on any atom is 0.129 e. The third-order valence-corrected chi connectivity index (χ3v) is 5.43. The van der Waals surface area contributed by atoms with Crippen molar-refractivity contribution in [2.45, 2.75) is 52.4 Å². The van der Waals surface area contributed by atoms with E-state index >= 15 is 0 Å². The number of halogens is 2. The smallest absolute Gasteiger partial charge is 0.129 e. The molecule has 1 fully saturated rings. The van der Waals surface area contributed by atoms with Gasteiger partial charge in [-0.15, -0.1) is 0 Å². The molecule has 1 aliphatic rings. The van der Waals surface area contributed by atoms with Crippen molar-refractivity contribution in [3.8, 4) is 0 Å². The first kappa shape index (κ1) is 17.1. The summed E-state index contributed by atoms with van der Waals surface area (Å²) in [6.07, 6.45) is 7.10. The Morgan fingerprint density at radius 2 is 1.38 bits per heavy atom. The van der Waals surface area contributed by atoms with Gasteiger partial charge in [0.2, 0.25) is 0 Å². The standard InChI is InChI=1S/C22H26F2/c1-15-3-5-17(6-4-15)11-18-7-9-19(10-8-18)12-20-13-21(23)16(2)22(24)14-20/h7-10,13-15,17H,3-6,11-12H2,1-2H3. The topological polar surface area (TPSA) is 0 Å². The molecule has 0 radical (unpaired) electrons. The van der Waals surface area contributed by atoms with E-state index in [-0.39, 0.29) is 5.56 Å². The number of hydrogen-bond donors (Lipinski definition) is 0. The van der Waals surface area contributed by atoms with Crippen molar-refractivity contribution < 1.29 is 8.78 Å². The van der Waals surface area contributed by atoms with Crippen LogP contribution in [0.2, 0.25) is 0 Å². The lowest BCUT2D eigenvalue weighted by molar-refractivity contribution is 0.289. The lowest BCUT2D eigenvalue weighted by Gasteiger charge is -2.26. The Kier molecular flexibility index (Phi) is 5.33. The zero-order valence-electron chi connectivity index (χ0n) is 14.6. The van der Waals surface area contributed by atoms with E-state index in [1.54, 1.807) is 0 Å². The van der Waals surface area contributed by atoms with Gasteiger partial charge in [0.1, 0.15) is 11.6 Å². The molecule has 0 atom stereocenters. The number of hydrogen-bond acceptors (Lipinski definition) is 0. The van der Waals surface area contributed by atoms with Gasteiger partial charge in [-0.25, -0.2) is 8.78 Å². The molecule has 0 aromatic heterocycles. The van der Waals surface area contributed by atoms with Gasteiger partial charge in [0.25, 0.3) is 0 Å². The third kappa shape index (κ3) is 4.23. The third-order valence-electron chi connectivity index (χ3n) is 5.43. The average Bonchev–Trinajstić information content (AvgIpc) is 2.56. The molecule has 24 heavy (non-hydrogen) atoms. The molecule has 128 valence electrons. The fraction of sp³-hybridized carbons (Fsp3) is 0.455. The normalized spacial score (nSPS) is 21.0. The Morgan fingerprint density at radius 1 is 0.833 bits per heavy atom. The maximum atomic E-state index is 13.7. The van der Waals surface area contributed by atoms with E-state index in [4.69, 9.17) is 0 Å². The van der Waals surface area contributed by atoms with Crippen LogP contribution in [0.25, 0.3) is 0 Å². The molecule has 2 aromatic carbocycles. The molecule has 0 N–H and O–H groups in total. The fourth-order valence-electron chi connectivity index (χ4n) is 3.70. The van der Waals surface area contributed by atoms with Crippen LogP contribution in [-0.4, -0.2) is 0 Å². The maximum absolute atomic E-state index is 13.7. The Hall–Kier alpha value is -1.70. The Balaban J connectivity index is 1.62. The minimum absolute atomic E-state index is 0.0934. The zero-order valence-corrected chi connectivity index (χ0v) is 14.6. The molecule has 0 amide bonds. The van der Waals surface area contributed by atoms with E-state index in [1.807, 2.05) is 0 Å². The highest BCUT2D eigenvalue weighted by atomic mass is 19.1. The second kappa shape index (κ2) is 7.46. The van der Waals surface area contributed by atoms with E-state index in [2.05, 4.69) is 31.2 Å². The summed E-state index contributed by atoms with van der Waals surface area (Å²) >= 11 is 0. The van der Waals surface area contributed by atoms with Crippen LogP contribution in [0.5, 0.6) is 0 Å². The highest BCUT2D eigenvalue weighted by Crippen LogP contribution is 2.30. The predicted octanol–water partition coefficient (Wildman–Crippen LogP) is 6.23. The van der Waals surface area contributed by atoms with Crippen molar-refractivity contribution in [3.05, 3.63) is 70.3 Å². The summed E-state index contributed by atoms with van der Waals surface area (Å²) in [6.45, 7) is 3.82. The number of benzene rings is 2. The molecule has 0 heterocycles. The van der Waals surface area contributed by atoms with Crippen molar-refractivity contribution in [1.29, 1.82) is 0 Å². The summed E-state index contributed by atoms with van der Waals surface area (Å²) in [6, 6.07) is 11.4. The quantitative estimate of drug-likeness (QED) is 0.624. The molecule has 0 bridgehead atoms. The molecule has 0 unspecified atom stereocenters. The molecule has 2 heteroatoms. The summed E-state index contributed by atoms with van der Waals surface area (Å²) in [5, 5.41) is 0. The molecule has 1 saturated carbocycles. The van der Waals surface area contributed by atoms with Gasteiger partial charge in [0.05, 0.1) is 0 Å². The van der Waals surface area contributed by atoms with Gasteiger partial charge in [-0.05, 0) is 73.3 Å². The van der Waals surface area contributed by atoms with Crippen LogP contribution >= 0.6 is 0 Å².